The summed E-state index contributed by atoms with van der Waals surface area (Å²) in [6, 6.07) is 11.5. The molecule has 0 aromatic heterocycles. The van der Waals surface area contributed by atoms with Gasteiger partial charge in [0.15, 0.2) is 0 Å². The van der Waals surface area contributed by atoms with E-state index in [1.54, 1.807) is 30.3 Å². The average Bonchev–Trinajstić information content (AvgIpc) is 2.48. The minimum absolute atomic E-state index is 0.345. The van der Waals surface area contributed by atoms with E-state index in [2.05, 4.69) is 0 Å². The number of carbonyl (C=O) groups excluding carboxylic acids is 1. The highest BCUT2D eigenvalue weighted by atomic mass is 19.1. The lowest BCUT2D eigenvalue weighted by Crippen LogP contribution is -2.19. The number of ether oxygens (including phenoxy) is 1. The van der Waals surface area contributed by atoms with Crippen LogP contribution in [0.2, 0.25) is 0 Å². The standard InChI is InChI=1S/C17H18FNO2/c1-19(2)9-10-21-15-6-4-14(5-7-15)16-11-13(12-20)3-8-17(16)18/h3-8,11-12H,9-10H2,1-2H3. The highest BCUT2D eigenvalue weighted by Crippen LogP contribution is 2.25. The molecule has 0 aliphatic carbocycles. The van der Waals surface area contributed by atoms with Gasteiger partial charge in [-0.05, 0) is 50.0 Å². The van der Waals surface area contributed by atoms with E-state index in [9.17, 15) is 9.18 Å². The molecule has 0 saturated carbocycles. The zero-order valence-electron chi connectivity index (χ0n) is 12.2. The summed E-state index contributed by atoms with van der Waals surface area (Å²) in [4.78, 5) is 12.8. The SMILES string of the molecule is CN(C)CCOc1ccc(-c2cc(C=O)ccc2F)cc1. The first kappa shape index (κ1) is 15.2. The molecule has 21 heavy (non-hydrogen) atoms. The molecule has 0 aliphatic heterocycles. The number of aldehydes is 1. The molecular formula is C17H18FNO2. The second-order valence-electron chi connectivity index (χ2n) is 5.03. The summed E-state index contributed by atoms with van der Waals surface area (Å²) in [5.74, 6) is 0.398. The fourth-order valence-corrected chi connectivity index (χ4v) is 1.91. The predicted octanol–water partition coefficient (Wildman–Crippen LogP) is 3.25. The Bertz CT molecular complexity index is 609. The van der Waals surface area contributed by atoms with Crippen molar-refractivity contribution in [2.75, 3.05) is 27.2 Å². The summed E-state index contributed by atoms with van der Waals surface area (Å²) in [6.07, 6.45) is 0.710. The number of likely N-dealkylation sites (N-methyl/N-ethyl adjacent to an activating group) is 1. The van der Waals surface area contributed by atoms with E-state index in [0.717, 1.165) is 17.9 Å². The number of hydrogen-bond acceptors (Lipinski definition) is 3. The van der Waals surface area contributed by atoms with Crippen LogP contribution in [-0.2, 0) is 0 Å². The quantitative estimate of drug-likeness (QED) is 0.764. The van der Waals surface area contributed by atoms with E-state index >= 15 is 0 Å². The molecule has 0 N–H and O–H groups in total. The topological polar surface area (TPSA) is 29.5 Å². The zero-order chi connectivity index (χ0) is 15.2. The van der Waals surface area contributed by atoms with Gasteiger partial charge in [0.25, 0.3) is 0 Å². The van der Waals surface area contributed by atoms with Gasteiger partial charge in [0.05, 0.1) is 0 Å². The number of carbonyl (C=O) groups is 1. The number of nitrogens with zero attached hydrogens (tertiary/aromatic N) is 1. The van der Waals surface area contributed by atoms with Crippen molar-refractivity contribution in [3.05, 3.63) is 53.8 Å². The van der Waals surface area contributed by atoms with Crippen LogP contribution in [0.5, 0.6) is 5.75 Å². The minimum Gasteiger partial charge on any atom is -0.492 e. The van der Waals surface area contributed by atoms with Crippen LogP contribution in [0.3, 0.4) is 0 Å². The predicted molar refractivity (Wildman–Crippen MR) is 81.3 cm³/mol. The van der Waals surface area contributed by atoms with Crippen molar-refractivity contribution in [3.8, 4) is 16.9 Å². The van der Waals surface area contributed by atoms with E-state index < -0.39 is 0 Å². The minimum atomic E-state index is -0.345. The van der Waals surface area contributed by atoms with Crippen LogP contribution in [0, 0.1) is 5.82 Å². The van der Waals surface area contributed by atoms with Gasteiger partial charge in [-0.2, -0.15) is 0 Å². The first-order valence-electron chi connectivity index (χ1n) is 6.73. The third kappa shape index (κ3) is 4.13. The summed E-state index contributed by atoms with van der Waals surface area (Å²) in [5.41, 5.74) is 1.59. The molecule has 110 valence electrons. The Morgan fingerprint density at radius 2 is 1.86 bits per heavy atom. The van der Waals surface area contributed by atoms with Crippen LogP contribution in [0.25, 0.3) is 11.1 Å². The third-order valence-electron chi connectivity index (χ3n) is 3.10. The van der Waals surface area contributed by atoms with Crippen LogP contribution in [0.15, 0.2) is 42.5 Å². The van der Waals surface area contributed by atoms with E-state index in [1.165, 1.54) is 12.1 Å². The first-order valence-corrected chi connectivity index (χ1v) is 6.73. The lowest BCUT2D eigenvalue weighted by Gasteiger charge is -2.11. The van der Waals surface area contributed by atoms with Crippen molar-refractivity contribution in [3.63, 3.8) is 0 Å². The normalized spacial score (nSPS) is 10.7. The Balaban J connectivity index is 2.13. The molecule has 2 rings (SSSR count). The fourth-order valence-electron chi connectivity index (χ4n) is 1.91. The van der Waals surface area contributed by atoms with Crippen molar-refractivity contribution in [2.24, 2.45) is 0 Å². The van der Waals surface area contributed by atoms with Crippen LogP contribution >= 0.6 is 0 Å². The molecule has 4 heteroatoms. The number of hydrogen-bond donors (Lipinski definition) is 0. The molecule has 0 amide bonds. The molecule has 0 aliphatic rings. The van der Waals surface area contributed by atoms with Crippen molar-refractivity contribution >= 4 is 6.29 Å². The Kier molecular flexibility index (Phi) is 5.06. The molecule has 0 spiro atoms. The summed E-state index contributed by atoms with van der Waals surface area (Å²) in [5, 5.41) is 0. The van der Waals surface area contributed by atoms with Gasteiger partial charge in [-0.25, -0.2) is 4.39 Å². The summed E-state index contributed by atoms with van der Waals surface area (Å²) >= 11 is 0. The number of benzene rings is 2. The molecular weight excluding hydrogens is 269 g/mol. The molecule has 0 saturated heterocycles. The molecule has 3 nitrogen and oxygen atoms in total. The van der Waals surface area contributed by atoms with Crippen LogP contribution < -0.4 is 4.74 Å². The van der Waals surface area contributed by atoms with Gasteiger partial charge in [-0.3, -0.25) is 4.79 Å². The zero-order valence-corrected chi connectivity index (χ0v) is 12.2. The number of rotatable bonds is 6. The molecule has 2 aromatic rings. The molecule has 0 bridgehead atoms. The van der Waals surface area contributed by atoms with Gasteiger partial charge < -0.3 is 9.64 Å². The Labute approximate surface area is 124 Å². The van der Waals surface area contributed by atoms with Gasteiger partial charge in [-0.1, -0.05) is 12.1 Å². The van der Waals surface area contributed by atoms with Crippen molar-refractivity contribution in [2.45, 2.75) is 0 Å². The van der Waals surface area contributed by atoms with Crippen molar-refractivity contribution < 1.29 is 13.9 Å². The highest BCUT2D eigenvalue weighted by Gasteiger charge is 2.06. The van der Waals surface area contributed by atoms with E-state index in [1.807, 2.05) is 19.0 Å². The Morgan fingerprint density at radius 1 is 1.14 bits per heavy atom. The maximum absolute atomic E-state index is 13.8. The molecule has 0 atom stereocenters. The smallest absolute Gasteiger partial charge is 0.150 e. The Hall–Kier alpha value is -2.20. The van der Waals surface area contributed by atoms with E-state index in [4.69, 9.17) is 4.74 Å². The van der Waals surface area contributed by atoms with Gasteiger partial charge >= 0.3 is 0 Å². The lowest BCUT2D eigenvalue weighted by atomic mass is 10.0. The van der Waals surface area contributed by atoms with Crippen LogP contribution in [-0.4, -0.2) is 38.4 Å². The van der Waals surface area contributed by atoms with Gasteiger partial charge in [0.2, 0.25) is 0 Å². The maximum Gasteiger partial charge on any atom is 0.150 e. The maximum atomic E-state index is 13.8. The van der Waals surface area contributed by atoms with Gasteiger partial charge in [0, 0.05) is 17.7 Å². The summed E-state index contributed by atoms with van der Waals surface area (Å²) in [7, 11) is 3.96. The van der Waals surface area contributed by atoms with Crippen molar-refractivity contribution in [1.29, 1.82) is 0 Å². The average molecular weight is 287 g/mol. The molecule has 0 unspecified atom stereocenters. The largest absolute Gasteiger partial charge is 0.492 e. The van der Waals surface area contributed by atoms with Crippen molar-refractivity contribution in [1.82, 2.24) is 4.90 Å². The van der Waals surface area contributed by atoms with Gasteiger partial charge in [-0.15, -0.1) is 0 Å². The highest BCUT2D eigenvalue weighted by molar-refractivity contribution is 5.79. The summed E-state index contributed by atoms with van der Waals surface area (Å²) < 4.78 is 19.4. The van der Waals surface area contributed by atoms with Gasteiger partial charge in [0.1, 0.15) is 24.5 Å². The fraction of sp³-hybridized carbons (Fsp3) is 0.235. The lowest BCUT2D eigenvalue weighted by molar-refractivity contribution is 0.112. The summed E-state index contributed by atoms with van der Waals surface area (Å²) in [6.45, 7) is 1.43. The monoisotopic (exact) mass is 287 g/mol. The number of halogens is 1. The second-order valence-corrected chi connectivity index (χ2v) is 5.03. The first-order chi connectivity index (χ1) is 10.1. The molecule has 2 aromatic carbocycles. The van der Waals surface area contributed by atoms with E-state index in [0.29, 0.717) is 24.0 Å². The molecule has 0 heterocycles. The second kappa shape index (κ2) is 6.99. The van der Waals surface area contributed by atoms with Crippen LogP contribution in [0.4, 0.5) is 4.39 Å². The molecule has 0 fully saturated rings. The molecule has 0 radical (unpaired) electrons. The van der Waals surface area contributed by atoms with Crippen LogP contribution in [0.1, 0.15) is 10.4 Å². The van der Waals surface area contributed by atoms with E-state index in [-0.39, 0.29) is 5.82 Å². The Morgan fingerprint density at radius 3 is 2.48 bits per heavy atom. The third-order valence-corrected chi connectivity index (χ3v) is 3.10.